The third-order valence-electron chi connectivity index (χ3n) is 2.55. The van der Waals surface area contributed by atoms with E-state index in [4.69, 9.17) is 33.7 Å². The minimum Gasteiger partial charge on any atom is -0.457 e. The van der Waals surface area contributed by atoms with Crippen molar-refractivity contribution in [1.29, 1.82) is 0 Å². The van der Waals surface area contributed by atoms with E-state index in [-0.39, 0.29) is 17.2 Å². The van der Waals surface area contributed by atoms with E-state index in [1.54, 1.807) is 6.07 Å². The van der Waals surface area contributed by atoms with Crippen molar-refractivity contribution in [2.45, 2.75) is 6.61 Å². The summed E-state index contributed by atoms with van der Waals surface area (Å²) in [6, 6.07) is 8.69. The lowest BCUT2D eigenvalue weighted by Gasteiger charge is -2.08. The molecule has 0 bridgehead atoms. The zero-order valence-corrected chi connectivity index (χ0v) is 11.7. The van der Waals surface area contributed by atoms with Crippen molar-refractivity contribution in [3.05, 3.63) is 63.4 Å². The van der Waals surface area contributed by atoms with Gasteiger partial charge in [-0.15, -0.1) is 0 Å². The standard InChI is InChI=1S/C14H10Cl2FNO2/c15-10-4-9(5-11(18)6-10)14(19)20-7-8-2-1-3-12(17)13(8)16/h1-6H,7,18H2. The zero-order valence-electron chi connectivity index (χ0n) is 10.2. The van der Waals surface area contributed by atoms with Crippen molar-refractivity contribution >= 4 is 34.9 Å². The van der Waals surface area contributed by atoms with Crippen LogP contribution in [0.5, 0.6) is 0 Å². The molecule has 0 aromatic heterocycles. The summed E-state index contributed by atoms with van der Waals surface area (Å²) in [7, 11) is 0. The van der Waals surface area contributed by atoms with Crippen LogP contribution >= 0.6 is 23.2 Å². The molecule has 0 aliphatic rings. The average molecular weight is 314 g/mol. The maximum absolute atomic E-state index is 13.2. The molecule has 0 amide bonds. The summed E-state index contributed by atoms with van der Waals surface area (Å²) in [5.74, 6) is -1.17. The van der Waals surface area contributed by atoms with Crippen molar-refractivity contribution in [2.24, 2.45) is 0 Å². The highest BCUT2D eigenvalue weighted by Gasteiger charge is 2.12. The summed E-state index contributed by atoms with van der Waals surface area (Å²) in [6.07, 6.45) is 0. The molecule has 2 aromatic rings. The van der Waals surface area contributed by atoms with Gasteiger partial charge in [0, 0.05) is 16.3 Å². The lowest BCUT2D eigenvalue weighted by molar-refractivity contribution is 0.0472. The molecule has 0 aliphatic carbocycles. The molecule has 0 saturated carbocycles. The van der Waals surface area contributed by atoms with Gasteiger partial charge in [-0.2, -0.15) is 0 Å². The highest BCUT2D eigenvalue weighted by molar-refractivity contribution is 6.31. The quantitative estimate of drug-likeness (QED) is 0.686. The minimum absolute atomic E-state index is 0.0640. The molecule has 104 valence electrons. The summed E-state index contributed by atoms with van der Waals surface area (Å²) < 4.78 is 18.3. The smallest absolute Gasteiger partial charge is 0.338 e. The Kier molecular flexibility index (Phi) is 4.47. The lowest BCUT2D eigenvalue weighted by atomic mass is 10.2. The fourth-order valence-electron chi connectivity index (χ4n) is 1.62. The predicted molar refractivity (Wildman–Crippen MR) is 76.4 cm³/mol. The van der Waals surface area contributed by atoms with Gasteiger partial charge in [-0.1, -0.05) is 35.3 Å². The molecule has 2 aromatic carbocycles. The van der Waals surface area contributed by atoms with Gasteiger partial charge in [0.25, 0.3) is 0 Å². The Morgan fingerprint density at radius 1 is 1.25 bits per heavy atom. The molecular weight excluding hydrogens is 304 g/mol. The van der Waals surface area contributed by atoms with Gasteiger partial charge >= 0.3 is 5.97 Å². The van der Waals surface area contributed by atoms with Gasteiger partial charge in [-0.3, -0.25) is 0 Å². The minimum atomic E-state index is -0.612. The molecule has 0 fully saturated rings. The van der Waals surface area contributed by atoms with Gasteiger partial charge in [0.15, 0.2) is 0 Å². The van der Waals surface area contributed by atoms with Crippen molar-refractivity contribution in [1.82, 2.24) is 0 Å². The van der Waals surface area contributed by atoms with E-state index < -0.39 is 11.8 Å². The van der Waals surface area contributed by atoms with Crippen LogP contribution in [-0.4, -0.2) is 5.97 Å². The highest BCUT2D eigenvalue weighted by Crippen LogP contribution is 2.22. The van der Waals surface area contributed by atoms with Crippen LogP contribution in [0.4, 0.5) is 10.1 Å². The first kappa shape index (κ1) is 14.6. The molecule has 0 unspecified atom stereocenters. The molecule has 0 saturated heterocycles. The number of hydrogen-bond donors (Lipinski definition) is 1. The third-order valence-corrected chi connectivity index (χ3v) is 3.19. The second-order valence-corrected chi connectivity index (χ2v) is 4.88. The first-order valence-electron chi connectivity index (χ1n) is 5.63. The van der Waals surface area contributed by atoms with Crippen LogP contribution in [0.15, 0.2) is 36.4 Å². The van der Waals surface area contributed by atoms with E-state index in [1.807, 2.05) is 0 Å². The van der Waals surface area contributed by atoms with E-state index in [9.17, 15) is 9.18 Å². The molecule has 6 heteroatoms. The second-order valence-electron chi connectivity index (χ2n) is 4.06. The van der Waals surface area contributed by atoms with E-state index in [0.717, 1.165) is 0 Å². The Morgan fingerprint density at radius 2 is 2.00 bits per heavy atom. The molecule has 2 rings (SSSR count). The van der Waals surface area contributed by atoms with Crippen LogP contribution in [0.1, 0.15) is 15.9 Å². The fraction of sp³-hybridized carbons (Fsp3) is 0.0714. The molecule has 0 aliphatic heterocycles. The molecule has 0 radical (unpaired) electrons. The molecule has 0 heterocycles. The Morgan fingerprint density at radius 3 is 2.70 bits per heavy atom. The van der Waals surface area contributed by atoms with Crippen LogP contribution in [0.25, 0.3) is 0 Å². The summed E-state index contributed by atoms with van der Waals surface area (Å²) in [6.45, 7) is -0.137. The van der Waals surface area contributed by atoms with E-state index in [2.05, 4.69) is 0 Å². The Labute approximate surface area is 125 Å². The summed E-state index contributed by atoms with van der Waals surface area (Å²) >= 11 is 11.6. The highest BCUT2D eigenvalue weighted by atomic mass is 35.5. The van der Waals surface area contributed by atoms with Gasteiger partial charge in [-0.25, -0.2) is 9.18 Å². The summed E-state index contributed by atoms with van der Waals surface area (Å²) in [5.41, 5.74) is 6.55. The predicted octanol–water partition coefficient (Wildman–Crippen LogP) is 4.07. The van der Waals surface area contributed by atoms with Crippen LogP contribution in [0.3, 0.4) is 0 Å². The van der Waals surface area contributed by atoms with Crippen molar-refractivity contribution in [3.8, 4) is 0 Å². The number of esters is 1. The number of ether oxygens (including phenoxy) is 1. The monoisotopic (exact) mass is 313 g/mol. The second kappa shape index (κ2) is 6.11. The van der Waals surface area contributed by atoms with E-state index in [1.165, 1.54) is 30.3 Å². The number of anilines is 1. The SMILES string of the molecule is Nc1cc(Cl)cc(C(=O)OCc2cccc(F)c2Cl)c1. The number of rotatable bonds is 3. The molecule has 3 nitrogen and oxygen atoms in total. The van der Waals surface area contributed by atoms with Gasteiger partial charge in [0.05, 0.1) is 10.6 Å². The molecule has 2 N–H and O–H groups in total. The maximum Gasteiger partial charge on any atom is 0.338 e. The van der Waals surface area contributed by atoms with Crippen molar-refractivity contribution < 1.29 is 13.9 Å². The van der Waals surface area contributed by atoms with Crippen LogP contribution in [0, 0.1) is 5.82 Å². The number of halogens is 3. The van der Waals surface area contributed by atoms with Crippen LogP contribution < -0.4 is 5.73 Å². The Hall–Kier alpha value is -1.78. The molecule has 0 spiro atoms. The van der Waals surface area contributed by atoms with Crippen LogP contribution in [-0.2, 0) is 11.3 Å². The summed E-state index contributed by atoms with van der Waals surface area (Å²) in [4.78, 5) is 11.8. The van der Waals surface area contributed by atoms with Gasteiger partial charge in [-0.05, 0) is 24.3 Å². The first-order chi connectivity index (χ1) is 9.47. The normalized spacial score (nSPS) is 10.3. The number of benzene rings is 2. The van der Waals surface area contributed by atoms with Gasteiger partial charge in [0.1, 0.15) is 12.4 Å². The Bertz CT molecular complexity index is 641. The number of carbonyl (C=O) groups excluding carboxylic acids is 1. The lowest BCUT2D eigenvalue weighted by Crippen LogP contribution is -2.06. The van der Waals surface area contributed by atoms with Gasteiger partial charge < -0.3 is 10.5 Å². The maximum atomic E-state index is 13.2. The average Bonchev–Trinajstić information content (AvgIpc) is 2.39. The van der Waals surface area contributed by atoms with E-state index in [0.29, 0.717) is 16.3 Å². The summed E-state index contributed by atoms with van der Waals surface area (Å²) in [5, 5.41) is 0.270. The van der Waals surface area contributed by atoms with Gasteiger partial charge in [0.2, 0.25) is 0 Å². The topological polar surface area (TPSA) is 52.3 Å². The van der Waals surface area contributed by atoms with Crippen molar-refractivity contribution in [2.75, 3.05) is 5.73 Å². The van der Waals surface area contributed by atoms with Crippen LogP contribution in [0.2, 0.25) is 10.0 Å². The zero-order chi connectivity index (χ0) is 14.7. The molecular formula is C14H10Cl2FNO2. The number of hydrogen-bond acceptors (Lipinski definition) is 3. The molecule has 20 heavy (non-hydrogen) atoms. The first-order valence-corrected chi connectivity index (χ1v) is 6.39. The van der Waals surface area contributed by atoms with E-state index >= 15 is 0 Å². The number of carbonyl (C=O) groups is 1. The number of nitrogen functional groups attached to an aromatic ring is 1. The largest absolute Gasteiger partial charge is 0.457 e. The Balaban J connectivity index is 2.10. The third kappa shape index (κ3) is 3.40. The number of nitrogens with two attached hydrogens (primary N) is 1. The van der Waals surface area contributed by atoms with Crippen molar-refractivity contribution in [3.63, 3.8) is 0 Å². The molecule has 0 atom stereocenters. The fourth-order valence-corrected chi connectivity index (χ4v) is 2.04.